The number of nitrogens with one attached hydrogen (secondary N) is 2. The van der Waals surface area contributed by atoms with Crippen LogP contribution in [0.15, 0.2) is 24.3 Å². The summed E-state index contributed by atoms with van der Waals surface area (Å²) in [5.41, 5.74) is 7.04. The minimum Gasteiger partial charge on any atom is -0.379 e. The quantitative estimate of drug-likeness (QED) is 0.0987. The summed E-state index contributed by atoms with van der Waals surface area (Å²) in [5.74, 6) is -2.33. The van der Waals surface area contributed by atoms with Gasteiger partial charge in [0.15, 0.2) is 11.6 Å². The van der Waals surface area contributed by atoms with Gasteiger partial charge in [0.1, 0.15) is 6.61 Å². The summed E-state index contributed by atoms with van der Waals surface area (Å²) in [6.07, 6.45) is 1.34. The van der Waals surface area contributed by atoms with Crippen molar-refractivity contribution in [3.8, 4) is 0 Å². The number of hydrogen-bond acceptors (Lipinski definition) is 11. The first-order valence-corrected chi connectivity index (χ1v) is 23.4. The van der Waals surface area contributed by atoms with Gasteiger partial charge in [-0.15, -0.1) is 0 Å². The zero-order chi connectivity index (χ0) is 48.6. The molecule has 4 N–H and O–H groups in total. The van der Waals surface area contributed by atoms with E-state index in [1.807, 2.05) is 67.5 Å². The van der Waals surface area contributed by atoms with Crippen LogP contribution in [-0.2, 0) is 49.6 Å². The van der Waals surface area contributed by atoms with Gasteiger partial charge in [0, 0.05) is 45.8 Å². The third kappa shape index (κ3) is 16.3. The number of Topliss-reactive ketones (excluding diaryl/α,β-unsaturated/α-hetero) is 2. The number of likely N-dealkylation sites (N-methyl/N-ethyl adjacent to an activating group) is 2. The molecule has 0 spiro atoms. The molecule has 0 unspecified atom stereocenters. The Bertz CT molecular complexity index is 1640. The molecule has 15 nitrogen and oxygen atoms in total. The van der Waals surface area contributed by atoms with Gasteiger partial charge in [-0.05, 0) is 81.6 Å². The van der Waals surface area contributed by atoms with Crippen molar-refractivity contribution < 1.29 is 43.0 Å². The first kappa shape index (κ1) is 56.4. The number of carbonyl (C=O) groups excluding carboxylic acids is 6. The highest BCUT2D eigenvalue weighted by molar-refractivity contribution is 5.94. The Morgan fingerprint density at radius 3 is 1.97 bits per heavy atom. The molecule has 1 aliphatic heterocycles. The van der Waals surface area contributed by atoms with Crippen LogP contribution in [0.5, 0.6) is 0 Å². The van der Waals surface area contributed by atoms with Crippen LogP contribution in [-0.4, -0.2) is 141 Å². The predicted molar refractivity (Wildman–Crippen MR) is 251 cm³/mol. The van der Waals surface area contributed by atoms with Gasteiger partial charge in [-0.25, -0.2) is 0 Å². The number of benzene rings is 1. The molecule has 1 aromatic carbocycles. The molecular weight excluding hydrogens is 817 g/mol. The third-order valence-electron chi connectivity index (χ3n) is 12.9. The van der Waals surface area contributed by atoms with Crippen LogP contribution in [0.3, 0.4) is 0 Å². The van der Waals surface area contributed by atoms with E-state index in [-0.39, 0.29) is 91.0 Å². The molecule has 1 aliphatic rings. The zero-order valence-corrected chi connectivity index (χ0v) is 41.8. The van der Waals surface area contributed by atoms with Gasteiger partial charge in [-0.1, -0.05) is 80.9 Å². The first-order valence-electron chi connectivity index (χ1n) is 23.4. The number of ether oxygens (including phenoxy) is 3. The number of likely N-dealkylation sites (tertiary alicyclic amines) is 1. The highest BCUT2D eigenvalue weighted by Gasteiger charge is 2.43. The summed E-state index contributed by atoms with van der Waals surface area (Å²) in [4.78, 5) is 87.1. The van der Waals surface area contributed by atoms with E-state index < -0.39 is 48.2 Å². The maximum atomic E-state index is 14.4. The van der Waals surface area contributed by atoms with Crippen molar-refractivity contribution in [3.63, 3.8) is 0 Å². The van der Waals surface area contributed by atoms with Crippen LogP contribution >= 0.6 is 0 Å². The van der Waals surface area contributed by atoms with Crippen molar-refractivity contribution in [1.82, 2.24) is 20.0 Å². The number of hydrogen-bond donors (Lipinski definition) is 3. The smallest absolute Gasteiger partial charge is 0.240 e. The van der Waals surface area contributed by atoms with Crippen molar-refractivity contribution in [2.75, 3.05) is 53.8 Å². The first-order chi connectivity index (χ1) is 30.0. The van der Waals surface area contributed by atoms with Crippen molar-refractivity contribution in [1.29, 1.82) is 0 Å². The lowest BCUT2D eigenvalue weighted by Crippen LogP contribution is -2.55. The molecule has 15 heteroatoms. The molecule has 0 bridgehead atoms. The number of nitrogens with two attached hydrogens (primary N) is 1. The predicted octanol–water partition coefficient (Wildman–Crippen LogP) is 5.33. The third-order valence-corrected chi connectivity index (χ3v) is 12.9. The maximum absolute atomic E-state index is 14.4. The average Bonchev–Trinajstić information content (AvgIpc) is 3.71. The number of carbonyl (C=O) groups is 6. The van der Waals surface area contributed by atoms with Crippen LogP contribution in [0.1, 0.15) is 113 Å². The lowest BCUT2D eigenvalue weighted by molar-refractivity contribution is -0.149. The largest absolute Gasteiger partial charge is 0.379 e. The molecule has 1 fully saturated rings. The van der Waals surface area contributed by atoms with Crippen molar-refractivity contribution >= 4 is 40.9 Å². The zero-order valence-electron chi connectivity index (χ0n) is 41.8. The van der Waals surface area contributed by atoms with Crippen molar-refractivity contribution in [2.24, 2.45) is 41.2 Å². The molecule has 4 amide bonds. The standard InChI is InChI=1S/C49H84N6O9/c1-16-32(8)45(54(13)49(61)37(30(4)5)25-40(56)44(31(6)7)53(11)12)42(62-14)26-43(58)55-23-17-18-39(55)46(63-15)33(9)47(59)52-38(24-29(2)3)41(57)28-64-27-35-19-21-36(22-20-35)51-48(60)34(10)50/h19-22,29-34,37-39,42,44-46H,16-18,23-28,50H2,1-15H3,(H,51,60)(H,52,59)/t32-,33+,34+,37-,38-,39-,42+,44-,45-,46+/m0/s1. The Hall–Kier alpha value is -3.76. The summed E-state index contributed by atoms with van der Waals surface area (Å²) >= 11 is 0. The molecule has 1 saturated heterocycles. The van der Waals surface area contributed by atoms with E-state index in [0.717, 1.165) is 18.4 Å². The van der Waals surface area contributed by atoms with Gasteiger partial charge < -0.3 is 40.4 Å². The summed E-state index contributed by atoms with van der Waals surface area (Å²) < 4.78 is 17.8. The molecule has 0 radical (unpaired) electrons. The van der Waals surface area contributed by atoms with E-state index >= 15 is 0 Å². The molecule has 1 heterocycles. The highest BCUT2D eigenvalue weighted by atomic mass is 16.5. The number of methoxy groups -OCH3 is 2. The molecule has 64 heavy (non-hydrogen) atoms. The van der Waals surface area contributed by atoms with Gasteiger partial charge in [-0.2, -0.15) is 0 Å². The van der Waals surface area contributed by atoms with Crippen LogP contribution in [0.2, 0.25) is 0 Å². The minimum atomic E-state index is -0.790. The average molecular weight is 901 g/mol. The molecule has 0 aromatic heterocycles. The Balaban J connectivity index is 2.20. The van der Waals surface area contributed by atoms with Crippen LogP contribution < -0.4 is 16.4 Å². The van der Waals surface area contributed by atoms with Gasteiger partial charge >= 0.3 is 0 Å². The summed E-state index contributed by atoms with van der Waals surface area (Å²) in [5, 5.41) is 5.70. The van der Waals surface area contributed by atoms with Gasteiger partial charge in [0.25, 0.3) is 0 Å². The Labute approximate surface area is 384 Å². The van der Waals surface area contributed by atoms with E-state index in [0.29, 0.717) is 25.1 Å². The van der Waals surface area contributed by atoms with E-state index in [4.69, 9.17) is 19.9 Å². The Morgan fingerprint density at radius 1 is 0.844 bits per heavy atom. The monoisotopic (exact) mass is 901 g/mol. The fourth-order valence-corrected chi connectivity index (χ4v) is 9.13. The number of rotatable bonds is 28. The van der Waals surface area contributed by atoms with E-state index in [2.05, 4.69) is 17.6 Å². The second-order valence-corrected chi connectivity index (χ2v) is 19.4. The molecule has 2 rings (SSSR count). The molecule has 364 valence electrons. The number of ketones is 2. The van der Waals surface area contributed by atoms with E-state index in [1.54, 1.807) is 62.1 Å². The maximum Gasteiger partial charge on any atom is 0.240 e. The number of anilines is 1. The second kappa shape index (κ2) is 27.0. The van der Waals surface area contributed by atoms with Gasteiger partial charge in [0.05, 0.1) is 61.4 Å². The fourth-order valence-electron chi connectivity index (χ4n) is 9.13. The van der Waals surface area contributed by atoms with Crippen molar-refractivity contribution in [3.05, 3.63) is 29.8 Å². The van der Waals surface area contributed by atoms with Gasteiger partial charge in [-0.3, -0.25) is 33.7 Å². The fraction of sp³-hybridized carbons (Fsp3) is 0.755. The van der Waals surface area contributed by atoms with Crippen LogP contribution in [0, 0.1) is 35.5 Å². The van der Waals surface area contributed by atoms with Crippen molar-refractivity contribution in [2.45, 2.75) is 157 Å². The van der Waals surface area contributed by atoms with Crippen LogP contribution in [0.25, 0.3) is 0 Å². The van der Waals surface area contributed by atoms with Gasteiger partial charge in [0.2, 0.25) is 23.6 Å². The molecule has 10 atom stereocenters. The van der Waals surface area contributed by atoms with E-state index in [9.17, 15) is 28.8 Å². The van der Waals surface area contributed by atoms with Crippen LogP contribution in [0.4, 0.5) is 5.69 Å². The Kier molecular flexibility index (Phi) is 23.8. The second-order valence-electron chi connectivity index (χ2n) is 19.4. The summed E-state index contributed by atoms with van der Waals surface area (Å²) in [7, 11) is 8.64. The van der Waals surface area contributed by atoms with E-state index in [1.165, 1.54) is 7.11 Å². The normalized spacial score (nSPS) is 18.6. The molecular formula is C49H84N6O9. The highest BCUT2D eigenvalue weighted by Crippen LogP contribution is 2.31. The lowest BCUT2D eigenvalue weighted by atomic mass is 9.83. The Morgan fingerprint density at radius 2 is 1.47 bits per heavy atom. The molecule has 0 aliphatic carbocycles. The molecule has 0 saturated carbocycles. The topological polar surface area (TPSA) is 190 Å². The molecule has 1 aromatic rings. The number of amides is 4. The summed E-state index contributed by atoms with van der Waals surface area (Å²) in [6, 6.07) is 4.48. The SMILES string of the molecule is CC[C@H](C)[C@@H]([C@@H](CC(=O)N1CCC[C@H]1[C@H](OC)[C@@H](C)C(=O)N[C@@H](CC(C)C)C(=O)COCc1ccc(NC(=O)[C@@H](C)N)cc1)OC)N(C)C(=O)[C@@H](CC(=O)[C@H](C(C)C)N(C)C)C(C)C. The summed E-state index contributed by atoms with van der Waals surface area (Å²) in [6.45, 7) is 19.8. The minimum absolute atomic E-state index is 0.0111. The lowest BCUT2D eigenvalue weighted by Gasteiger charge is -2.41. The number of nitrogens with zero attached hydrogens (tertiary/aromatic N) is 3.